The SMILES string of the molecule is CC.Cc1cc(C2=NOC(c3cc(Cl)cc(Cl)c3)(C(F)(F)F)C2)ccc1C(=O)OC(C)(C)C. The average Bonchev–Trinajstić information content (AvgIpc) is 3.14. The first-order valence-corrected chi connectivity index (χ1v) is 11.1. The van der Waals surface area contributed by atoms with Gasteiger partial charge >= 0.3 is 12.1 Å². The van der Waals surface area contributed by atoms with Crippen molar-refractivity contribution in [3.8, 4) is 0 Å². The molecule has 0 N–H and O–H groups in total. The lowest BCUT2D eigenvalue weighted by atomic mass is 9.86. The summed E-state index contributed by atoms with van der Waals surface area (Å²) < 4.78 is 47.7. The summed E-state index contributed by atoms with van der Waals surface area (Å²) in [4.78, 5) is 17.4. The summed E-state index contributed by atoms with van der Waals surface area (Å²) in [5.41, 5.74) is -2.26. The summed E-state index contributed by atoms with van der Waals surface area (Å²) in [5, 5.41) is 3.84. The number of ether oxygens (including phenoxy) is 1. The van der Waals surface area contributed by atoms with Gasteiger partial charge in [0.15, 0.2) is 0 Å². The van der Waals surface area contributed by atoms with Crippen LogP contribution in [0, 0.1) is 6.92 Å². The van der Waals surface area contributed by atoms with Gasteiger partial charge in [-0.15, -0.1) is 0 Å². The van der Waals surface area contributed by atoms with Crippen LogP contribution < -0.4 is 0 Å². The molecule has 0 spiro atoms. The molecule has 1 aliphatic heterocycles. The molecule has 4 nitrogen and oxygen atoms in total. The van der Waals surface area contributed by atoms with Crippen molar-refractivity contribution in [3.63, 3.8) is 0 Å². The minimum Gasteiger partial charge on any atom is -0.456 e. The molecule has 0 amide bonds. The van der Waals surface area contributed by atoms with E-state index in [0.717, 1.165) is 12.1 Å². The van der Waals surface area contributed by atoms with Crippen molar-refractivity contribution in [1.29, 1.82) is 0 Å². The van der Waals surface area contributed by atoms with Crippen LogP contribution in [0.1, 0.15) is 68.1 Å². The predicted molar refractivity (Wildman–Crippen MR) is 124 cm³/mol. The Bertz CT molecular complexity index is 1040. The maximum atomic E-state index is 14.1. The maximum Gasteiger partial charge on any atom is 0.435 e. The quantitative estimate of drug-likeness (QED) is 0.400. The van der Waals surface area contributed by atoms with Gasteiger partial charge in [-0.25, -0.2) is 4.79 Å². The van der Waals surface area contributed by atoms with E-state index in [1.54, 1.807) is 33.8 Å². The number of hydrogen-bond acceptors (Lipinski definition) is 4. The summed E-state index contributed by atoms with van der Waals surface area (Å²) in [7, 11) is 0. The molecule has 180 valence electrons. The van der Waals surface area contributed by atoms with Gasteiger partial charge in [0.25, 0.3) is 5.60 Å². The zero-order valence-electron chi connectivity index (χ0n) is 19.2. The van der Waals surface area contributed by atoms with Crippen molar-refractivity contribution < 1.29 is 27.5 Å². The van der Waals surface area contributed by atoms with Crippen molar-refractivity contribution in [2.75, 3.05) is 0 Å². The van der Waals surface area contributed by atoms with Crippen LogP contribution in [0.2, 0.25) is 10.0 Å². The molecule has 33 heavy (non-hydrogen) atoms. The molecule has 1 heterocycles. The van der Waals surface area contributed by atoms with Crippen LogP contribution in [0.3, 0.4) is 0 Å². The van der Waals surface area contributed by atoms with Gasteiger partial charge in [-0.05, 0) is 69.2 Å². The fourth-order valence-corrected chi connectivity index (χ4v) is 3.78. The van der Waals surface area contributed by atoms with Crippen LogP contribution in [0.5, 0.6) is 0 Å². The van der Waals surface area contributed by atoms with E-state index < -0.39 is 29.8 Å². The molecule has 0 fully saturated rings. The molecule has 9 heteroatoms. The fourth-order valence-electron chi connectivity index (χ4n) is 3.25. The zero-order valence-corrected chi connectivity index (χ0v) is 20.7. The van der Waals surface area contributed by atoms with Gasteiger partial charge in [0.1, 0.15) is 5.60 Å². The molecule has 0 aromatic heterocycles. The molecular formula is C24H26Cl2F3NO3. The average molecular weight is 504 g/mol. The highest BCUT2D eigenvalue weighted by atomic mass is 35.5. The highest BCUT2D eigenvalue weighted by Crippen LogP contribution is 2.49. The van der Waals surface area contributed by atoms with Gasteiger partial charge in [-0.1, -0.05) is 48.3 Å². The number of rotatable bonds is 3. The molecule has 1 unspecified atom stereocenters. The molecule has 0 saturated carbocycles. The number of benzene rings is 2. The van der Waals surface area contributed by atoms with Crippen LogP contribution in [0.15, 0.2) is 41.6 Å². The third-order valence-electron chi connectivity index (χ3n) is 4.69. The molecule has 0 radical (unpaired) electrons. The Morgan fingerprint density at radius 2 is 1.64 bits per heavy atom. The number of carbonyl (C=O) groups is 1. The molecule has 0 bridgehead atoms. The minimum absolute atomic E-state index is 0.0562. The highest BCUT2D eigenvalue weighted by molar-refractivity contribution is 6.34. The molecule has 3 rings (SSSR count). The number of aryl methyl sites for hydroxylation is 1. The topological polar surface area (TPSA) is 47.9 Å². The second-order valence-electron chi connectivity index (χ2n) is 8.32. The van der Waals surface area contributed by atoms with Crippen molar-refractivity contribution in [2.24, 2.45) is 5.16 Å². The number of nitrogens with zero attached hydrogens (tertiary/aromatic N) is 1. The second kappa shape index (κ2) is 9.94. The van der Waals surface area contributed by atoms with E-state index in [9.17, 15) is 18.0 Å². The first-order chi connectivity index (χ1) is 15.2. The molecule has 0 aliphatic carbocycles. The number of hydrogen-bond donors (Lipinski definition) is 0. The molecular weight excluding hydrogens is 478 g/mol. The predicted octanol–water partition coefficient (Wildman–Crippen LogP) is 7.87. The third kappa shape index (κ3) is 6.01. The summed E-state index contributed by atoms with van der Waals surface area (Å²) in [5.74, 6) is -0.514. The number of carbonyl (C=O) groups excluding carboxylic acids is 1. The van der Waals surface area contributed by atoms with Gasteiger partial charge in [0, 0.05) is 22.0 Å². The maximum absolute atomic E-state index is 14.1. The first-order valence-electron chi connectivity index (χ1n) is 10.3. The van der Waals surface area contributed by atoms with Gasteiger partial charge in [0.05, 0.1) is 11.3 Å². The Morgan fingerprint density at radius 1 is 1.06 bits per heavy atom. The Balaban J connectivity index is 0.00000187. The molecule has 1 aliphatic rings. The van der Waals surface area contributed by atoms with E-state index in [-0.39, 0.29) is 21.3 Å². The summed E-state index contributed by atoms with van der Waals surface area (Å²) in [6.07, 6.45) is -5.35. The van der Waals surface area contributed by atoms with Crippen molar-refractivity contribution in [2.45, 2.75) is 65.3 Å². The Labute approximate surface area is 201 Å². The van der Waals surface area contributed by atoms with Crippen LogP contribution in [0.25, 0.3) is 0 Å². The van der Waals surface area contributed by atoms with E-state index in [2.05, 4.69) is 5.16 Å². The van der Waals surface area contributed by atoms with E-state index in [4.69, 9.17) is 32.8 Å². The zero-order chi connectivity index (χ0) is 25.2. The Morgan fingerprint density at radius 3 is 2.12 bits per heavy atom. The second-order valence-corrected chi connectivity index (χ2v) is 9.19. The Hall–Kier alpha value is -2.25. The minimum atomic E-state index is -4.78. The van der Waals surface area contributed by atoms with Crippen molar-refractivity contribution in [3.05, 3.63) is 68.7 Å². The van der Waals surface area contributed by atoms with E-state index in [1.807, 2.05) is 13.8 Å². The lowest BCUT2D eigenvalue weighted by Gasteiger charge is -2.29. The number of oxime groups is 1. The van der Waals surface area contributed by atoms with Gasteiger partial charge in [0.2, 0.25) is 0 Å². The summed E-state index contributed by atoms with van der Waals surface area (Å²) >= 11 is 11.8. The lowest BCUT2D eigenvalue weighted by Crippen LogP contribution is -2.42. The number of halogens is 5. The van der Waals surface area contributed by atoms with Crippen LogP contribution >= 0.6 is 23.2 Å². The van der Waals surface area contributed by atoms with E-state index in [0.29, 0.717) is 16.7 Å². The largest absolute Gasteiger partial charge is 0.456 e. The van der Waals surface area contributed by atoms with E-state index in [1.165, 1.54) is 18.2 Å². The molecule has 0 saturated heterocycles. The van der Waals surface area contributed by atoms with Gasteiger partial charge in [-0.2, -0.15) is 13.2 Å². The number of esters is 1. The molecule has 2 aromatic carbocycles. The lowest BCUT2D eigenvalue weighted by molar-refractivity contribution is -0.275. The monoisotopic (exact) mass is 503 g/mol. The van der Waals surface area contributed by atoms with Crippen LogP contribution in [0.4, 0.5) is 13.2 Å². The highest BCUT2D eigenvalue weighted by Gasteiger charge is 2.62. The first kappa shape index (κ1) is 27.0. The third-order valence-corrected chi connectivity index (χ3v) is 5.13. The van der Waals surface area contributed by atoms with Crippen molar-refractivity contribution in [1.82, 2.24) is 0 Å². The molecule has 2 aromatic rings. The fraction of sp³-hybridized carbons (Fsp3) is 0.417. The molecule has 1 atom stereocenters. The van der Waals surface area contributed by atoms with Gasteiger partial charge < -0.3 is 9.57 Å². The van der Waals surface area contributed by atoms with Crippen LogP contribution in [-0.4, -0.2) is 23.5 Å². The van der Waals surface area contributed by atoms with E-state index >= 15 is 0 Å². The normalized spacial score (nSPS) is 18.1. The van der Waals surface area contributed by atoms with Gasteiger partial charge in [-0.3, -0.25) is 0 Å². The summed E-state index contributed by atoms with van der Waals surface area (Å²) in [6, 6.07) is 8.27. The van der Waals surface area contributed by atoms with Crippen molar-refractivity contribution >= 4 is 34.9 Å². The number of alkyl halides is 3. The van der Waals surface area contributed by atoms with Crippen LogP contribution in [-0.2, 0) is 15.2 Å². The standard InChI is InChI=1S/C22H20Cl2F3NO3.C2H6/c1-12-7-13(5-6-17(12)19(29)30-20(2,3)4)18-11-21(31-28-18,22(25,26)27)14-8-15(23)10-16(24)9-14;1-2/h5-10H,11H2,1-4H3;1-2H3. The Kier molecular flexibility index (Phi) is 8.13. The smallest absolute Gasteiger partial charge is 0.435 e. The summed E-state index contributed by atoms with van der Waals surface area (Å²) in [6.45, 7) is 10.9.